The van der Waals surface area contributed by atoms with Crippen LogP contribution in [0.4, 0.5) is 16.0 Å². The van der Waals surface area contributed by atoms with Gasteiger partial charge in [0.1, 0.15) is 11.6 Å². The van der Waals surface area contributed by atoms with Gasteiger partial charge in [-0.05, 0) is 36.6 Å². The Hall–Kier alpha value is -2.57. The Labute approximate surface area is 196 Å². The average Bonchev–Trinajstić information content (AvgIpc) is 3.17. The molecule has 4 rings (SSSR count). The molecular weight excluding hydrogens is 452 g/mol. The Kier molecular flexibility index (Phi) is 7.01. The number of hydrogen-bond donors (Lipinski definition) is 2. The monoisotopic (exact) mass is 475 g/mol. The number of H-pyrrole nitrogens is 1. The van der Waals surface area contributed by atoms with Crippen molar-refractivity contribution in [3.8, 4) is 5.75 Å². The highest BCUT2D eigenvalue weighted by Gasteiger charge is 2.16. The van der Waals surface area contributed by atoms with Crippen molar-refractivity contribution in [2.24, 2.45) is 5.92 Å². The molecule has 1 aliphatic carbocycles. The SMILES string of the molecule is COc1cc2nc(Nc3c(Cl)cc(F)cc3Cl)[nH]c2cc1C(=O)/C=C/CC1CCCCC1. The summed E-state index contributed by atoms with van der Waals surface area (Å²) in [6.45, 7) is 0. The Morgan fingerprint density at radius 1 is 1.22 bits per heavy atom. The third-order valence-electron chi connectivity index (χ3n) is 5.78. The summed E-state index contributed by atoms with van der Waals surface area (Å²) in [5.74, 6) is 0.826. The summed E-state index contributed by atoms with van der Waals surface area (Å²) >= 11 is 12.2. The fourth-order valence-electron chi connectivity index (χ4n) is 4.12. The summed E-state index contributed by atoms with van der Waals surface area (Å²) in [6.07, 6.45) is 10.9. The van der Waals surface area contributed by atoms with Gasteiger partial charge in [-0.2, -0.15) is 0 Å². The molecule has 0 spiro atoms. The summed E-state index contributed by atoms with van der Waals surface area (Å²) < 4.78 is 18.9. The Balaban J connectivity index is 1.56. The topological polar surface area (TPSA) is 67.0 Å². The average molecular weight is 476 g/mol. The molecule has 0 bridgehead atoms. The largest absolute Gasteiger partial charge is 0.496 e. The lowest BCUT2D eigenvalue weighted by molar-refractivity contribution is 0.104. The fourth-order valence-corrected chi connectivity index (χ4v) is 4.67. The number of hydrogen-bond acceptors (Lipinski definition) is 4. The number of ketones is 1. The van der Waals surface area contributed by atoms with E-state index in [1.165, 1.54) is 39.2 Å². The van der Waals surface area contributed by atoms with E-state index in [4.69, 9.17) is 27.9 Å². The lowest BCUT2D eigenvalue weighted by Gasteiger charge is -2.19. The second-order valence-electron chi connectivity index (χ2n) is 8.03. The second-order valence-corrected chi connectivity index (χ2v) is 8.85. The second kappa shape index (κ2) is 9.92. The first-order valence-corrected chi connectivity index (χ1v) is 11.4. The highest BCUT2D eigenvalue weighted by molar-refractivity contribution is 6.39. The highest BCUT2D eigenvalue weighted by atomic mass is 35.5. The van der Waals surface area contributed by atoms with Gasteiger partial charge in [-0.15, -0.1) is 0 Å². The van der Waals surface area contributed by atoms with Crippen LogP contribution in [0.3, 0.4) is 0 Å². The van der Waals surface area contributed by atoms with Crippen molar-refractivity contribution in [3.05, 3.63) is 57.8 Å². The zero-order valence-corrected chi connectivity index (χ0v) is 19.2. The minimum absolute atomic E-state index is 0.117. The lowest BCUT2D eigenvalue weighted by atomic mass is 9.87. The van der Waals surface area contributed by atoms with Crippen molar-refractivity contribution in [1.82, 2.24) is 9.97 Å². The summed E-state index contributed by atoms with van der Waals surface area (Å²) in [5.41, 5.74) is 2.03. The number of aromatic nitrogens is 2. The normalized spacial score (nSPS) is 14.9. The number of nitrogens with one attached hydrogen (secondary N) is 2. The fraction of sp³-hybridized carbons (Fsp3) is 0.333. The van der Waals surface area contributed by atoms with Crippen LogP contribution in [-0.2, 0) is 0 Å². The predicted octanol–water partition coefficient (Wildman–Crippen LogP) is 7.47. The number of methoxy groups -OCH3 is 1. The number of nitrogens with zero attached hydrogens (tertiary/aromatic N) is 1. The molecule has 0 amide bonds. The van der Waals surface area contributed by atoms with Gasteiger partial charge < -0.3 is 15.0 Å². The molecule has 0 aliphatic heterocycles. The zero-order valence-electron chi connectivity index (χ0n) is 17.7. The van der Waals surface area contributed by atoms with E-state index in [1.54, 1.807) is 18.2 Å². The first-order valence-electron chi connectivity index (χ1n) is 10.6. The molecule has 0 radical (unpaired) electrons. The van der Waals surface area contributed by atoms with Crippen LogP contribution in [0, 0.1) is 11.7 Å². The van der Waals surface area contributed by atoms with Crippen LogP contribution in [0.2, 0.25) is 10.0 Å². The molecule has 1 aromatic heterocycles. The van der Waals surface area contributed by atoms with Crippen molar-refractivity contribution >= 4 is 51.7 Å². The standard InChI is InChI=1S/C24H24Cl2FN3O2/c1-32-22-13-20-19(12-16(22)21(31)9-5-8-14-6-3-2-4-7-14)28-24(29-20)30-23-17(25)10-15(27)11-18(23)26/h5,9-14H,2-4,6-8H2,1H3,(H2,28,29,30)/b9-5+. The van der Waals surface area contributed by atoms with E-state index < -0.39 is 5.82 Å². The maximum atomic E-state index is 13.4. The van der Waals surface area contributed by atoms with Crippen LogP contribution in [0.15, 0.2) is 36.4 Å². The molecule has 0 saturated heterocycles. The van der Waals surface area contributed by atoms with Gasteiger partial charge in [-0.3, -0.25) is 4.79 Å². The number of allylic oxidation sites excluding steroid dienone is 2. The molecule has 8 heteroatoms. The summed E-state index contributed by atoms with van der Waals surface area (Å²) in [6, 6.07) is 5.75. The predicted molar refractivity (Wildman–Crippen MR) is 127 cm³/mol. The number of benzene rings is 2. The molecule has 3 aromatic rings. The Bertz CT molecular complexity index is 1150. The molecule has 32 heavy (non-hydrogen) atoms. The number of halogens is 3. The van der Waals surface area contributed by atoms with Crippen molar-refractivity contribution in [2.75, 3.05) is 12.4 Å². The van der Waals surface area contributed by atoms with Gasteiger partial charge in [0.15, 0.2) is 5.78 Å². The summed E-state index contributed by atoms with van der Waals surface area (Å²) in [5, 5.41) is 3.24. The molecule has 1 aliphatic rings. The van der Waals surface area contributed by atoms with Crippen LogP contribution in [0.1, 0.15) is 48.9 Å². The molecule has 2 N–H and O–H groups in total. The number of anilines is 2. The summed E-state index contributed by atoms with van der Waals surface area (Å²) in [7, 11) is 1.52. The lowest BCUT2D eigenvalue weighted by Crippen LogP contribution is -2.05. The number of carbonyl (C=O) groups is 1. The third-order valence-corrected chi connectivity index (χ3v) is 6.38. The molecule has 168 valence electrons. The molecule has 5 nitrogen and oxygen atoms in total. The molecule has 2 aromatic carbocycles. The van der Waals surface area contributed by atoms with E-state index in [9.17, 15) is 9.18 Å². The van der Waals surface area contributed by atoms with Crippen LogP contribution in [-0.4, -0.2) is 22.9 Å². The Morgan fingerprint density at radius 3 is 2.62 bits per heavy atom. The molecule has 0 unspecified atom stereocenters. The molecule has 1 heterocycles. The van der Waals surface area contributed by atoms with Gasteiger partial charge in [-0.1, -0.05) is 61.4 Å². The third kappa shape index (κ3) is 5.08. The van der Waals surface area contributed by atoms with Crippen molar-refractivity contribution in [1.29, 1.82) is 0 Å². The van der Waals surface area contributed by atoms with Crippen molar-refractivity contribution in [3.63, 3.8) is 0 Å². The van der Waals surface area contributed by atoms with E-state index in [2.05, 4.69) is 15.3 Å². The van der Waals surface area contributed by atoms with Crippen LogP contribution in [0.5, 0.6) is 5.75 Å². The quantitative estimate of drug-likeness (QED) is 0.274. The van der Waals surface area contributed by atoms with Gasteiger partial charge >= 0.3 is 0 Å². The minimum Gasteiger partial charge on any atom is -0.496 e. The number of fused-ring (bicyclic) bond motifs is 1. The summed E-state index contributed by atoms with van der Waals surface area (Å²) in [4.78, 5) is 20.4. The maximum absolute atomic E-state index is 13.4. The van der Waals surface area contributed by atoms with E-state index in [0.29, 0.717) is 39.9 Å². The van der Waals surface area contributed by atoms with Crippen molar-refractivity contribution < 1.29 is 13.9 Å². The Morgan fingerprint density at radius 2 is 1.94 bits per heavy atom. The van der Waals surface area contributed by atoms with Gasteiger partial charge in [-0.25, -0.2) is 9.37 Å². The first-order chi connectivity index (χ1) is 15.4. The molecule has 0 atom stereocenters. The maximum Gasteiger partial charge on any atom is 0.205 e. The van der Waals surface area contributed by atoms with E-state index in [0.717, 1.165) is 18.6 Å². The number of ether oxygens (including phenoxy) is 1. The van der Waals surface area contributed by atoms with Gasteiger partial charge in [0.25, 0.3) is 0 Å². The van der Waals surface area contributed by atoms with Gasteiger partial charge in [0.05, 0.1) is 39.4 Å². The first kappa shape index (κ1) is 22.6. The highest BCUT2D eigenvalue weighted by Crippen LogP contribution is 2.34. The van der Waals surface area contributed by atoms with Crippen LogP contribution in [0.25, 0.3) is 11.0 Å². The van der Waals surface area contributed by atoms with Gasteiger partial charge in [0, 0.05) is 6.07 Å². The zero-order chi connectivity index (χ0) is 22.7. The molecule has 1 fully saturated rings. The van der Waals surface area contributed by atoms with E-state index >= 15 is 0 Å². The van der Waals surface area contributed by atoms with Crippen LogP contribution >= 0.6 is 23.2 Å². The molecule has 1 saturated carbocycles. The van der Waals surface area contributed by atoms with Crippen molar-refractivity contribution in [2.45, 2.75) is 38.5 Å². The number of imidazole rings is 1. The van der Waals surface area contributed by atoms with E-state index in [-0.39, 0.29) is 15.8 Å². The van der Waals surface area contributed by atoms with Gasteiger partial charge in [0.2, 0.25) is 5.95 Å². The number of rotatable bonds is 7. The number of aromatic amines is 1. The van der Waals surface area contributed by atoms with E-state index in [1.807, 2.05) is 6.08 Å². The smallest absolute Gasteiger partial charge is 0.205 e. The van der Waals surface area contributed by atoms with Crippen LogP contribution < -0.4 is 10.1 Å². The molecular formula is C24H24Cl2FN3O2. The number of carbonyl (C=O) groups excluding carboxylic acids is 1. The minimum atomic E-state index is -0.528.